The highest BCUT2D eigenvalue weighted by molar-refractivity contribution is 7.80. The first-order valence-electron chi connectivity index (χ1n) is 13.3. The van der Waals surface area contributed by atoms with Crippen molar-refractivity contribution in [3.63, 3.8) is 0 Å². The van der Waals surface area contributed by atoms with Gasteiger partial charge in [-0.15, -0.1) is 12.6 Å². The topological polar surface area (TPSA) is 59.1 Å². The lowest BCUT2D eigenvalue weighted by atomic mass is 9.86. The van der Waals surface area contributed by atoms with E-state index in [1.165, 1.54) is 4.90 Å². The number of halogens is 9. The number of fused-ring (bicyclic) bond motifs is 1. The van der Waals surface area contributed by atoms with Gasteiger partial charge in [0.1, 0.15) is 0 Å². The minimum Gasteiger partial charge on any atom is -0.453 e. The first-order valence-corrected chi connectivity index (χ1v) is 13.7. The van der Waals surface area contributed by atoms with Crippen molar-refractivity contribution >= 4 is 30.5 Å². The van der Waals surface area contributed by atoms with E-state index in [0.717, 1.165) is 24.1 Å². The number of hydrogen-bond donors (Lipinski definition) is 1. The van der Waals surface area contributed by atoms with Crippen LogP contribution in [-0.4, -0.2) is 36.3 Å². The van der Waals surface area contributed by atoms with Gasteiger partial charge < -0.3 is 9.47 Å². The van der Waals surface area contributed by atoms with E-state index in [2.05, 4.69) is 12.6 Å². The maximum Gasteiger partial charge on any atom is 0.417 e. The zero-order valence-corrected chi connectivity index (χ0v) is 24.3. The largest absolute Gasteiger partial charge is 0.453 e. The quantitative estimate of drug-likeness (QED) is 0.258. The lowest BCUT2D eigenvalue weighted by Gasteiger charge is -2.44. The SMILES string of the molecule is COC(=O)N(Cc1cc(C(F)(F)F)c(S)c(C(F)(F)F)c1)[C@H]1CC(C2CC2)N(C(=O)OC(C)C)c2ccc(C(F)(F)F)cc21. The smallest absolute Gasteiger partial charge is 0.417 e. The van der Waals surface area contributed by atoms with Gasteiger partial charge in [0.2, 0.25) is 0 Å². The van der Waals surface area contributed by atoms with Gasteiger partial charge in [0.15, 0.2) is 0 Å². The molecule has 242 valence electrons. The van der Waals surface area contributed by atoms with Crippen molar-refractivity contribution < 1.29 is 58.6 Å². The molecule has 1 aliphatic carbocycles. The lowest BCUT2D eigenvalue weighted by Crippen LogP contribution is -2.50. The molecule has 2 amide bonds. The summed E-state index contributed by atoms with van der Waals surface area (Å²) in [4.78, 5) is 26.9. The first-order chi connectivity index (χ1) is 20.2. The minimum atomic E-state index is -5.25. The standard InChI is InChI=1S/C28H27F9N2O4S/c1-13(2)43-25(41)39-20-7-6-16(26(29,30)31)10-17(20)22(11-21(39)15-4-5-15)38(24(40)42-3)12-14-8-18(27(32,33)34)23(44)19(9-14)28(35,36)37/h6-10,13,15,21-22,44H,4-5,11-12H2,1-3H3/t21?,22-/m0/s1. The summed E-state index contributed by atoms with van der Waals surface area (Å²) in [6.45, 7) is 2.24. The summed E-state index contributed by atoms with van der Waals surface area (Å²) in [6, 6.07) is 1.22. The van der Waals surface area contributed by atoms with Crippen LogP contribution in [0.25, 0.3) is 0 Å². The second-order valence-corrected chi connectivity index (χ2v) is 11.3. The number of carbonyl (C=O) groups is 2. The number of anilines is 1. The molecule has 0 radical (unpaired) electrons. The highest BCUT2D eigenvalue weighted by Crippen LogP contribution is 2.50. The molecule has 4 rings (SSSR count). The van der Waals surface area contributed by atoms with E-state index in [1.807, 2.05) is 0 Å². The minimum absolute atomic E-state index is 0.0385. The van der Waals surface area contributed by atoms with Crippen molar-refractivity contribution in [2.75, 3.05) is 12.0 Å². The van der Waals surface area contributed by atoms with Crippen LogP contribution in [0.5, 0.6) is 0 Å². The van der Waals surface area contributed by atoms with Crippen molar-refractivity contribution in [2.24, 2.45) is 5.92 Å². The Labute approximate surface area is 251 Å². The van der Waals surface area contributed by atoms with Gasteiger partial charge in [0, 0.05) is 17.5 Å². The average Bonchev–Trinajstić information content (AvgIpc) is 3.74. The molecule has 2 aliphatic rings. The number of hydrogen-bond acceptors (Lipinski definition) is 5. The second kappa shape index (κ2) is 11.9. The summed E-state index contributed by atoms with van der Waals surface area (Å²) in [5.74, 6) is -0.149. The third-order valence-electron chi connectivity index (χ3n) is 7.39. The van der Waals surface area contributed by atoms with Crippen molar-refractivity contribution in [1.82, 2.24) is 4.90 Å². The van der Waals surface area contributed by atoms with E-state index in [1.54, 1.807) is 13.8 Å². The maximum atomic E-state index is 13.8. The van der Waals surface area contributed by atoms with Gasteiger partial charge in [0.05, 0.1) is 41.6 Å². The number of alkyl halides is 9. The van der Waals surface area contributed by atoms with E-state index < -0.39 is 82.6 Å². The summed E-state index contributed by atoms with van der Waals surface area (Å²) in [5.41, 5.74) is -5.43. The number of methoxy groups -OCH3 is 1. The molecule has 16 heteroatoms. The molecule has 2 atom stereocenters. The van der Waals surface area contributed by atoms with Crippen LogP contribution in [0.2, 0.25) is 0 Å². The molecule has 2 aromatic carbocycles. The normalized spacial score (nSPS) is 19.1. The number of carbonyl (C=O) groups excluding carboxylic acids is 2. The molecule has 1 aliphatic heterocycles. The number of amides is 2. The zero-order chi connectivity index (χ0) is 32.9. The van der Waals surface area contributed by atoms with Crippen LogP contribution in [0.1, 0.15) is 67.0 Å². The van der Waals surface area contributed by atoms with Gasteiger partial charge in [0.25, 0.3) is 0 Å². The fourth-order valence-corrected chi connectivity index (χ4v) is 5.74. The number of thiol groups is 1. The van der Waals surface area contributed by atoms with Crippen LogP contribution in [0.3, 0.4) is 0 Å². The number of benzene rings is 2. The van der Waals surface area contributed by atoms with Gasteiger partial charge in [-0.2, -0.15) is 39.5 Å². The van der Waals surface area contributed by atoms with E-state index in [0.29, 0.717) is 31.0 Å². The van der Waals surface area contributed by atoms with Gasteiger partial charge in [-0.05, 0) is 80.5 Å². The molecule has 1 fully saturated rings. The monoisotopic (exact) mass is 658 g/mol. The fourth-order valence-electron chi connectivity index (χ4n) is 5.36. The summed E-state index contributed by atoms with van der Waals surface area (Å²) < 4.78 is 134. The summed E-state index contributed by atoms with van der Waals surface area (Å²) in [7, 11) is 0.912. The highest BCUT2D eigenvalue weighted by Gasteiger charge is 2.48. The fraction of sp³-hybridized carbons (Fsp3) is 0.500. The van der Waals surface area contributed by atoms with Crippen LogP contribution < -0.4 is 4.90 Å². The molecule has 0 saturated heterocycles. The van der Waals surface area contributed by atoms with Crippen molar-refractivity contribution in [3.8, 4) is 0 Å². The van der Waals surface area contributed by atoms with E-state index in [9.17, 15) is 49.1 Å². The molecule has 0 bridgehead atoms. The first kappa shape index (κ1) is 33.6. The maximum absolute atomic E-state index is 13.8. The molecule has 0 aromatic heterocycles. The predicted octanol–water partition coefficient (Wildman–Crippen LogP) is 8.88. The molecule has 1 saturated carbocycles. The Balaban J connectivity index is 1.91. The van der Waals surface area contributed by atoms with Gasteiger partial charge in [-0.25, -0.2) is 9.59 Å². The number of nitrogens with zero attached hydrogens (tertiary/aromatic N) is 2. The third-order valence-corrected chi connectivity index (χ3v) is 7.87. The third kappa shape index (κ3) is 6.99. The predicted molar refractivity (Wildman–Crippen MR) is 141 cm³/mol. The molecule has 2 aromatic rings. The Morgan fingerprint density at radius 1 is 0.955 bits per heavy atom. The molecule has 44 heavy (non-hydrogen) atoms. The summed E-state index contributed by atoms with van der Waals surface area (Å²) in [5, 5.41) is 0. The number of ether oxygens (including phenoxy) is 2. The van der Waals surface area contributed by atoms with E-state index in [-0.39, 0.29) is 23.6 Å². The van der Waals surface area contributed by atoms with E-state index >= 15 is 0 Å². The van der Waals surface area contributed by atoms with Gasteiger partial charge in [-0.1, -0.05) is 0 Å². The van der Waals surface area contributed by atoms with Crippen LogP contribution in [0.15, 0.2) is 35.2 Å². The van der Waals surface area contributed by atoms with E-state index in [4.69, 9.17) is 9.47 Å². The lowest BCUT2D eigenvalue weighted by molar-refractivity contribution is -0.147. The molecule has 0 spiro atoms. The van der Waals surface area contributed by atoms with Gasteiger partial charge >= 0.3 is 30.7 Å². The van der Waals surface area contributed by atoms with Crippen molar-refractivity contribution in [3.05, 3.63) is 58.1 Å². The molecular formula is C28H27F9N2O4S. The van der Waals surface area contributed by atoms with Crippen molar-refractivity contribution in [1.29, 1.82) is 0 Å². The summed E-state index contributed by atoms with van der Waals surface area (Å²) in [6.07, 6.45) is -17.0. The van der Waals surface area contributed by atoms with Crippen LogP contribution in [0, 0.1) is 5.92 Å². The molecule has 1 heterocycles. The Bertz CT molecular complexity index is 1390. The Hall–Kier alpha value is -3.30. The second-order valence-electron chi connectivity index (χ2n) is 10.9. The Morgan fingerprint density at radius 2 is 1.52 bits per heavy atom. The molecule has 1 unspecified atom stereocenters. The molecule has 6 nitrogen and oxygen atoms in total. The zero-order valence-electron chi connectivity index (χ0n) is 23.4. The Kier molecular flexibility index (Phi) is 9.08. The molecular weight excluding hydrogens is 631 g/mol. The van der Waals surface area contributed by atoms with Crippen LogP contribution in [0.4, 0.5) is 54.8 Å². The van der Waals surface area contributed by atoms with Crippen LogP contribution >= 0.6 is 12.6 Å². The summed E-state index contributed by atoms with van der Waals surface area (Å²) >= 11 is 3.46. The van der Waals surface area contributed by atoms with Crippen molar-refractivity contribution in [2.45, 2.75) is 81.3 Å². The Morgan fingerprint density at radius 3 is 1.98 bits per heavy atom. The number of rotatable bonds is 5. The van der Waals surface area contributed by atoms with Gasteiger partial charge in [-0.3, -0.25) is 9.80 Å². The average molecular weight is 659 g/mol. The van der Waals surface area contributed by atoms with Crippen LogP contribution in [-0.2, 0) is 34.5 Å². The highest BCUT2D eigenvalue weighted by atomic mass is 32.1. The molecule has 0 N–H and O–H groups in total.